The third kappa shape index (κ3) is 60.3. The standard InChI is InChI=1S/C66H122O5/c1-3-5-7-9-11-13-15-17-19-21-23-25-27-29-30-31-32-33-34-35-36-37-39-41-43-45-47-49-51-53-55-57-59-61-66(69)71-64(62-67)63-70-65(68)60-58-56-54-52-50-48-46-44-42-40-38-28-26-24-22-20-18-16-14-12-10-8-6-4-2/h5,7,11,13,17,19,23,25,64,67H,3-4,6,8-10,12,14-16,18,20-22,24,26-63H2,1-2H3/b7-5-,13-11-,19-17-,25-23-. The molecule has 0 radical (unpaired) electrons. The SMILES string of the molecule is CC/C=C\C/C=C\C/C=C\C/C=C\CCCCCCCCCCCCCCCCCCCCCCC(=O)OC(CO)COC(=O)CCCCCCCCCCCCCCCCCCCCCCCCCC. The smallest absolute Gasteiger partial charge is 0.306 e. The highest BCUT2D eigenvalue weighted by atomic mass is 16.6. The molecule has 0 rings (SSSR count). The molecule has 0 heterocycles. The number of carbonyl (C=O) groups excluding carboxylic acids is 2. The van der Waals surface area contributed by atoms with Gasteiger partial charge < -0.3 is 14.6 Å². The first kappa shape index (κ1) is 68.9. The minimum Gasteiger partial charge on any atom is -0.462 e. The van der Waals surface area contributed by atoms with Gasteiger partial charge in [0.1, 0.15) is 6.61 Å². The maximum absolute atomic E-state index is 12.3. The van der Waals surface area contributed by atoms with E-state index in [1.54, 1.807) is 0 Å². The number of aliphatic hydroxyl groups excluding tert-OH is 1. The molecule has 0 aliphatic carbocycles. The summed E-state index contributed by atoms with van der Waals surface area (Å²) in [5, 5.41) is 9.68. The highest BCUT2D eigenvalue weighted by Gasteiger charge is 2.16. The average Bonchev–Trinajstić information content (AvgIpc) is 3.37. The molecule has 416 valence electrons. The molecule has 0 saturated heterocycles. The number of unbranched alkanes of at least 4 members (excludes halogenated alkanes) is 43. The largest absolute Gasteiger partial charge is 0.462 e. The van der Waals surface area contributed by atoms with Gasteiger partial charge in [-0.15, -0.1) is 0 Å². The average molecular weight is 996 g/mol. The Balaban J connectivity index is 3.40. The van der Waals surface area contributed by atoms with Crippen molar-refractivity contribution < 1.29 is 24.2 Å². The monoisotopic (exact) mass is 995 g/mol. The van der Waals surface area contributed by atoms with Crippen molar-refractivity contribution in [2.75, 3.05) is 13.2 Å². The number of hydrogen-bond donors (Lipinski definition) is 1. The molecular weight excluding hydrogens is 873 g/mol. The Bertz CT molecular complexity index is 1170. The number of esters is 2. The molecule has 0 aromatic carbocycles. The molecule has 0 aliphatic rings. The first-order valence-electron chi connectivity index (χ1n) is 31.7. The van der Waals surface area contributed by atoms with Gasteiger partial charge in [-0.05, 0) is 51.4 Å². The quantitative estimate of drug-likeness (QED) is 0.0373. The van der Waals surface area contributed by atoms with Crippen LogP contribution >= 0.6 is 0 Å². The van der Waals surface area contributed by atoms with Crippen molar-refractivity contribution in [2.24, 2.45) is 0 Å². The molecule has 0 saturated carbocycles. The van der Waals surface area contributed by atoms with Gasteiger partial charge in [0.15, 0.2) is 6.10 Å². The van der Waals surface area contributed by atoms with Crippen molar-refractivity contribution in [3.8, 4) is 0 Å². The summed E-state index contributed by atoms with van der Waals surface area (Å²) in [4.78, 5) is 24.6. The minimum absolute atomic E-state index is 0.0595. The number of hydrogen-bond acceptors (Lipinski definition) is 5. The molecular formula is C66H122O5. The van der Waals surface area contributed by atoms with E-state index in [0.717, 1.165) is 57.8 Å². The van der Waals surface area contributed by atoms with E-state index in [1.807, 2.05) is 0 Å². The number of rotatable bonds is 59. The van der Waals surface area contributed by atoms with E-state index in [-0.39, 0.29) is 25.2 Å². The molecule has 0 spiro atoms. The van der Waals surface area contributed by atoms with E-state index in [2.05, 4.69) is 62.5 Å². The van der Waals surface area contributed by atoms with Crippen LogP contribution in [0.5, 0.6) is 0 Å². The van der Waals surface area contributed by atoms with Crippen molar-refractivity contribution in [3.63, 3.8) is 0 Å². The Morgan fingerprint density at radius 1 is 0.338 bits per heavy atom. The normalized spacial score (nSPS) is 12.4. The maximum atomic E-state index is 12.3. The van der Waals surface area contributed by atoms with E-state index >= 15 is 0 Å². The Morgan fingerprint density at radius 2 is 0.606 bits per heavy atom. The van der Waals surface area contributed by atoms with Crippen molar-refractivity contribution in [1.29, 1.82) is 0 Å². The summed E-state index contributed by atoms with van der Waals surface area (Å²) in [5.41, 5.74) is 0. The molecule has 0 bridgehead atoms. The Hall–Kier alpha value is -2.14. The van der Waals surface area contributed by atoms with Gasteiger partial charge in [-0.2, -0.15) is 0 Å². The van der Waals surface area contributed by atoms with E-state index in [1.165, 1.54) is 257 Å². The van der Waals surface area contributed by atoms with E-state index in [0.29, 0.717) is 12.8 Å². The first-order valence-corrected chi connectivity index (χ1v) is 31.7. The number of allylic oxidation sites excluding steroid dienone is 8. The number of carbonyl (C=O) groups is 2. The lowest BCUT2D eigenvalue weighted by molar-refractivity contribution is -0.161. The maximum Gasteiger partial charge on any atom is 0.306 e. The van der Waals surface area contributed by atoms with Gasteiger partial charge in [0.2, 0.25) is 0 Å². The molecule has 0 aromatic rings. The van der Waals surface area contributed by atoms with Gasteiger partial charge in [-0.1, -0.05) is 326 Å². The summed E-state index contributed by atoms with van der Waals surface area (Å²) in [6.07, 6.45) is 82.6. The molecule has 5 heteroatoms. The summed E-state index contributed by atoms with van der Waals surface area (Å²) in [6.45, 7) is 4.08. The molecule has 1 atom stereocenters. The van der Waals surface area contributed by atoms with Crippen LogP contribution in [0.1, 0.15) is 341 Å². The third-order valence-electron chi connectivity index (χ3n) is 14.4. The van der Waals surface area contributed by atoms with Crippen molar-refractivity contribution in [2.45, 2.75) is 347 Å². The second-order valence-corrected chi connectivity index (χ2v) is 21.5. The fourth-order valence-corrected chi connectivity index (χ4v) is 9.67. The van der Waals surface area contributed by atoms with Crippen LogP contribution < -0.4 is 0 Å². The first-order chi connectivity index (χ1) is 35.1. The summed E-state index contributed by atoms with van der Waals surface area (Å²) in [7, 11) is 0. The predicted molar refractivity (Wildman–Crippen MR) is 311 cm³/mol. The van der Waals surface area contributed by atoms with Crippen molar-refractivity contribution in [3.05, 3.63) is 48.6 Å². The zero-order valence-corrected chi connectivity index (χ0v) is 47.8. The minimum atomic E-state index is -0.769. The van der Waals surface area contributed by atoms with Crippen molar-refractivity contribution in [1.82, 2.24) is 0 Å². The van der Waals surface area contributed by atoms with Gasteiger partial charge >= 0.3 is 11.9 Å². The fraction of sp³-hybridized carbons (Fsp3) is 0.848. The summed E-state index contributed by atoms with van der Waals surface area (Å²) >= 11 is 0. The molecule has 0 aliphatic heterocycles. The Kier molecular flexibility index (Phi) is 60.3. The number of aliphatic hydroxyl groups is 1. The molecule has 0 amide bonds. The van der Waals surface area contributed by atoms with Gasteiger partial charge in [0.25, 0.3) is 0 Å². The predicted octanol–water partition coefficient (Wildman–Crippen LogP) is 21.6. The van der Waals surface area contributed by atoms with Gasteiger partial charge in [0.05, 0.1) is 6.61 Å². The Labute approximate surface area is 443 Å². The zero-order chi connectivity index (χ0) is 51.3. The van der Waals surface area contributed by atoms with Crippen molar-refractivity contribution >= 4 is 11.9 Å². The van der Waals surface area contributed by atoms with Gasteiger partial charge in [-0.25, -0.2) is 0 Å². The van der Waals surface area contributed by atoms with Crippen LogP contribution in [0, 0.1) is 0 Å². The van der Waals surface area contributed by atoms with E-state index < -0.39 is 6.10 Å². The number of ether oxygens (including phenoxy) is 2. The summed E-state index contributed by atoms with van der Waals surface area (Å²) in [5.74, 6) is -0.568. The fourth-order valence-electron chi connectivity index (χ4n) is 9.67. The lowest BCUT2D eigenvalue weighted by atomic mass is 10.0. The Morgan fingerprint density at radius 3 is 0.915 bits per heavy atom. The zero-order valence-electron chi connectivity index (χ0n) is 47.8. The van der Waals surface area contributed by atoms with Gasteiger partial charge in [0, 0.05) is 12.8 Å². The topological polar surface area (TPSA) is 72.8 Å². The highest BCUT2D eigenvalue weighted by molar-refractivity contribution is 5.70. The van der Waals surface area contributed by atoms with E-state index in [9.17, 15) is 14.7 Å². The van der Waals surface area contributed by atoms with Crippen LogP contribution in [0.2, 0.25) is 0 Å². The molecule has 5 nitrogen and oxygen atoms in total. The molecule has 0 fully saturated rings. The van der Waals surface area contributed by atoms with Crippen LogP contribution in [0.3, 0.4) is 0 Å². The second kappa shape index (κ2) is 62.2. The van der Waals surface area contributed by atoms with Crippen LogP contribution in [0.4, 0.5) is 0 Å². The van der Waals surface area contributed by atoms with E-state index in [4.69, 9.17) is 9.47 Å². The second-order valence-electron chi connectivity index (χ2n) is 21.5. The lowest BCUT2D eigenvalue weighted by Crippen LogP contribution is -2.28. The molecule has 71 heavy (non-hydrogen) atoms. The highest BCUT2D eigenvalue weighted by Crippen LogP contribution is 2.18. The molecule has 1 N–H and O–H groups in total. The third-order valence-corrected chi connectivity index (χ3v) is 14.4. The van der Waals surface area contributed by atoms with Crippen LogP contribution in [0.25, 0.3) is 0 Å². The lowest BCUT2D eigenvalue weighted by Gasteiger charge is -2.15. The van der Waals surface area contributed by atoms with Gasteiger partial charge in [-0.3, -0.25) is 9.59 Å². The molecule has 1 unspecified atom stereocenters. The summed E-state index contributed by atoms with van der Waals surface area (Å²) < 4.78 is 10.7. The van der Waals surface area contributed by atoms with Crippen LogP contribution in [-0.4, -0.2) is 36.4 Å². The van der Waals surface area contributed by atoms with Crippen LogP contribution in [-0.2, 0) is 19.1 Å². The summed E-state index contributed by atoms with van der Waals surface area (Å²) in [6, 6.07) is 0. The van der Waals surface area contributed by atoms with Crippen LogP contribution in [0.15, 0.2) is 48.6 Å². The molecule has 0 aromatic heterocycles.